The SMILES string of the molecule is CCCCC(CC)C(=O)NCCc1ncc[nH]1. The van der Waals surface area contributed by atoms with E-state index < -0.39 is 0 Å². The average Bonchev–Trinajstić information content (AvgIpc) is 2.83. The Labute approximate surface area is 103 Å². The summed E-state index contributed by atoms with van der Waals surface area (Å²) in [6.45, 7) is 4.89. The molecule has 1 aromatic heterocycles. The third-order valence-electron chi connectivity index (χ3n) is 2.99. The minimum absolute atomic E-state index is 0.173. The maximum Gasteiger partial charge on any atom is 0.223 e. The van der Waals surface area contributed by atoms with E-state index in [2.05, 4.69) is 29.1 Å². The summed E-state index contributed by atoms with van der Waals surface area (Å²) in [5, 5.41) is 2.98. The van der Waals surface area contributed by atoms with Gasteiger partial charge >= 0.3 is 0 Å². The molecular weight excluding hydrogens is 214 g/mol. The summed E-state index contributed by atoms with van der Waals surface area (Å²) < 4.78 is 0. The Balaban J connectivity index is 2.22. The number of H-pyrrole nitrogens is 1. The van der Waals surface area contributed by atoms with Crippen LogP contribution in [-0.2, 0) is 11.2 Å². The van der Waals surface area contributed by atoms with Gasteiger partial charge in [0.25, 0.3) is 0 Å². The first kappa shape index (κ1) is 13.7. The summed E-state index contributed by atoms with van der Waals surface area (Å²) in [6, 6.07) is 0. The second-order valence-corrected chi connectivity index (χ2v) is 4.32. The number of imidazole rings is 1. The van der Waals surface area contributed by atoms with E-state index in [0.29, 0.717) is 6.54 Å². The van der Waals surface area contributed by atoms with Gasteiger partial charge in [0.2, 0.25) is 5.91 Å². The molecule has 1 amide bonds. The number of aromatic nitrogens is 2. The predicted molar refractivity (Wildman–Crippen MR) is 68.6 cm³/mol. The number of aromatic amines is 1. The van der Waals surface area contributed by atoms with Gasteiger partial charge in [0.05, 0.1) is 0 Å². The van der Waals surface area contributed by atoms with Gasteiger partial charge in [-0.2, -0.15) is 0 Å². The lowest BCUT2D eigenvalue weighted by atomic mass is 9.98. The van der Waals surface area contributed by atoms with Crippen LogP contribution in [0.5, 0.6) is 0 Å². The molecule has 0 aromatic carbocycles. The molecule has 4 heteroatoms. The fourth-order valence-electron chi connectivity index (χ4n) is 1.85. The van der Waals surface area contributed by atoms with E-state index in [9.17, 15) is 4.79 Å². The highest BCUT2D eigenvalue weighted by atomic mass is 16.1. The molecule has 0 saturated heterocycles. The molecule has 0 fully saturated rings. The largest absolute Gasteiger partial charge is 0.355 e. The topological polar surface area (TPSA) is 57.8 Å². The lowest BCUT2D eigenvalue weighted by Crippen LogP contribution is -2.32. The third-order valence-corrected chi connectivity index (χ3v) is 2.99. The number of nitrogens with zero attached hydrogens (tertiary/aromatic N) is 1. The smallest absolute Gasteiger partial charge is 0.223 e. The Morgan fingerprint density at radius 2 is 2.35 bits per heavy atom. The van der Waals surface area contributed by atoms with Crippen LogP contribution in [0.25, 0.3) is 0 Å². The predicted octanol–water partition coefficient (Wildman–Crippen LogP) is 2.28. The molecule has 1 atom stereocenters. The Morgan fingerprint density at radius 3 is 2.94 bits per heavy atom. The van der Waals surface area contributed by atoms with Crippen molar-refractivity contribution < 1.29 is 4.79 Å². The summed E-state index contributed by atoms with van der Waals surface area (Å²) in [7, 11) is 0. The van der Waals surface area contributed by atoms with Crippen molar-refractivity contribution in [2.24, 2.45) is 5.92 Å². The van der Waals surface area contributed by atoms with Crippen molar-refractivity contribution in [3.8, 4) is 0 Å². The number of hydrogen-bond donors (Lipinski definition) is 2. The van der Waals surface area contributed by atoms with Crippen molar-refractivity contribution in [1.82, 2.24) is 15.3 Å². The first-order chi connectivity index (χ1) is 8.27. The van der Waals surface area contributed by atoms with Gasteiger partial charge in [-0.05, 0) is 12.8 Å². The van der Waals surface area contributed by atoms with E-state index in [0.717, 1.165) is 37.9 Å². The summed E-state index contributed by atoms with van der Waals surface area (Å²) in [5.74, 6) is 1.28. The molecule has 1 rings (SSSR count). The van der Waals surface area contributed by atoms with Crippen LogP contribution in [0.4, 0.5) is 0 Å². The number of carbonyl (C=O) groups excluding carboxylic acids is 1. The van der Waals surface area contributed by atoms with E-state index >= 15 is 0 Å². The lowest BCUT2D eigenvalue weighted by molar-refractivity contribution is -0.125. The van der Waals surface area contributed by atoms with Crippen LogP contribution in [0, 0.1) is 5.92 Å². The highest BCUT2D eigenvalue weighted by molar-refractivity contribution is 5.78. The second kappa shape index (κ2) is 7.87. The zero-order chi connectivity index (χ0) is 12.5. The Bertz CT molecular complexity index is 308. The number of rotatable bonds is 8. The van der Waals surface area contributed by atoms with Crippen LogP contribution in [-0.4, -0.2) is 22.4 Å². The lowest BCUT2D eigenvalue weighted by Gasteiger charge is -2.14. The Kier molecular flexibility index (Phi) is 6.37. The molecule has 0 aliphatic heterocycles. The van der Waals surface area contributed by atoms with E-state index in [4.69, 9.17) is 0 Å². The fraction of sp³-hybridized carbons (Fsp3) is 0.692. The van der Waals surface area contributed by atoms with E-state index in [1.807, 2.05) is 0 Å². The Morgan fingerprint density at radius 1 is 1.53 bits per heavy atom. The van der Waals surface area contributed by atoms with Crippen LogP contribution in [0.2, 0.25) is 0 Å². The number of amides is 1. The van der Waals surface area contributed by atoms with Gasteiger partial charge < -0.3 is 10.3 Å². The van der Waals surface area contributed by atoms with Crippen molar-refractivity contribution in [1.29, 1.82) is 0 Å². The van der Waals surface area contributed by atoms with Gasteiger partial charge in [-0.1, -0.05) is 26.7 Å². The van der Waals surface area contributed by atoms with Gasteiger partial charge in [0.1, 0.15) is 5.82 Å². The first-order valence-electron chi connectivity index (χ1n) is 6.53. The zero-order valence-electron chi connectivity index (χ0n) is 10.8. The maximum absolute atomic E-state index is 11.9. The van der Waals surface area contributed by atoms with Crippen LogP contribution in [0.15, 0.2) is 12.4 Å². The number of nitrogens with one attached hydrogen (secondary N) is 2. The Hall–Kier alpha value is -1.32. The highest BCUT2D eigenvalue weighted by Gasteiger charge is 2.14. The minimum Gasteiger partial charge on any atom is -0.355 e. The van der Waals surface area contributed by atoms with Gasteiger partial charge in [-0.25, -0.2) is 4.98 Å². The molecule has 0 saturated carbocycles. The van der Waals surface area contributed by atoms with Crippen LogP contribution >= 0.6 is 0 Å². The van der Waals surface area contributed by atoms with Gasteiger partial charge in [-0.3, -0.25) is 4.79 Å². The molecule has 4 nitrogen and oxygen atoms in total. The monoisotopic (exact) mass is 237 g/mol. The molecule has 0 radical (unpaired) electrons. The normalized spacial score (nSPS) is 12.4. The van der Waals surface area contributed by atoms with Crippen molar-refractivity contribution in [3.05, 3.63) is 18.2 Å². The number of carbonyl (C=O) groups is 1. The number of hydrogen-bond acceptors (Lipinski definition) is 2. The molecule has 1 aromatic rings. The summed E-state index contributed by atoms with van der Waals surface area (Å²) >= 11 is 0. The summed E-state index contributed by atoms with van der Waals surface area (Å²) in [6.07, 6.45) is 8.50. The highest BCUT2D eigenvalue weighted by Crippen LogP contribution is 2.12. The molecule has 2 N–H and O–H groups in total. The van der Waals surface area contributed by atoms with Crippen molar-refractivity contribution in [2.45, 2.75) is 46.0 Å². The van der Waals surface area contributed by atoms with Crippen LogP contribution in [0.1, 0.15) is 45.4 Å². The van der Waals surface area contributed by atoms with Crippen molar-refractivity contribution in [3.63, 3.8) is 0 Å². The quantitative estimate of drug-likeness (QED) is 0.728. The fourth-order valence-corrected chi connectivity index (χ4v) is 1.85. The minimum atomic E-state index is 0.173. The van der Waals surface area contributed by atoms with Crippen molar-refractivity contribution in [2.75, 3.05) is 6.54 Å². The molecule has 0 aliphatic carbocycles. The van der Waals surface area contributed by atoms with Crippen LogP contribution < -0.4 is 5.32 Å². The second-order valence-electron chi connectivity index (χ2n) is 4.32. The molecule has 0 spiro atoms. The standard InChI is InChI=1S/C13H23N3O/c1-3-5-6-11(4-2)13(17)16-8-7-12-14-9-10-15-12/h9-11H,3-8H2,1-2H3,(H,14,15)(H,16,17). The van der Waals surface area contributed by atoms with E-state index in [1.165, 1.54) is 0 Å². The summed E-state index contributed by atoms with van der Waals surface area (Å²) in [5.41, 5.74) is 0. The molecule has 0 bridgehead atoms. The summed E-state index contributed by atoms with van der Waals surface area (Å²) in [4.78, 5) is 19.0. The van der Waals surface area contributed by atoms with Gasteiger partial charge in [0, 0.05) is 31.3 Å². The van der Waals surface area contributed by atoms with Crippen LogP contribution in [0.3, 0.4) is 0 Å². The molecule has 0 aliphatic rings. The van der Waals surface area contributed by atoms with Gasteiger partial charge in [-0.15, -0.1) is 0 Å². The molecule has 1 unspecified atom stereocenters. The molecule has 1 heterocycles. The first-order valence-corrected chi connectivity index (χ1v) is 6.53. The molecular formula is C13H23N3O. The van der Waals surface area contributed by atoms with E-state index in [1.54, 1.807) is 12.4 Å². The third kappa shape index (κ3) is 5.02. The average molecular weight is 237 g/mol. The number of unbranched alkanes of at least 4 members (excludes halogenated alkanes) is 1. The maximum atomic E-state index is 11.9. The zero-order valence-corrected chi connectivity index (χ0v) is 10.8. The molecule has 96 valence electrons. The van der Waals surface area contributed by atoms with Gasteiger partial charge in [0.15, 0.2) is 0 Å². The van der Waals surface area contributed by atoms with E-state index in [-0.39, 0.29) is 11.8 Å². The molecule has 17 heavy (non-hydrogen) atoms. The van der Waals surface area contributed by atoms with Crippen molar-refractivity contribution >= 4 is 5.91 Å².